The first-order chi connectivity index (χ1) is 8.11. The Labute approximate surface area is 105 Å². The zero-order valence-electron chi connectivity index (χ0n) is 9.48. The third kappa shape index (κ3) is 5.53. The van der Waals surface area contributed by atoms with Gasteiger partial charge in [-0.1, -0.05) is 11.6 Å². The van der Waals surface area contributed by atoms with Crippen molar-refractivity contribution in [1.29, 1.82) is 0 Å². The molecule has 0 bridgehead atoms. The summed E-state index contributed by atoms with van der Waals surface area (Å²) in [6, 6.07) is 6.63. The van der Waals surface area contributed by atoms with Crippen LogP contribution in [0.4, 0.5) is 0 Å². The van der Waals surface area contributed by atoms with Gasteiger partial charge in [-0.3, -0.25) is 4.79 Å². The Morgan fingerprint density at radius 3 is 2.71 bits per heavy atom. The van der Waals surface area contributed by atoms with Crippen molar-refractivity contribution >= 4 is 17.5 Å². The lowest BCUT2D eigenvalue weighted by molar-refractivity contribution is -0.124. The fraction of sp³-hybridized carbons (Fsp3) is 0.364. The summed E-state index contributed by atoms with van der Waals surface area (Å²) < 4.78 is 5.26. The van der Waals surface area contributed by atoms with Gasteiger partial charge in [-0.15, -0.1) is 0 Å². The highest BCUT2D eigenvalue weighted by molar-refractivity contribution is 6.30. The van der Waals surface area contributed by atoms with Gasteiger partial charge in [0, 0.05) is 5.02 Å². The molecule has 0 aliphatic rings. The van der Waals surface area contributed by atoms with E-state index in [1.165, 1.54) is 0 Å². The van der Waals surface area contributed by atoms with Crippen LogP contribution in [0, 0.1) is 0 Å². The third-order valence-electron chi connectivity index (χ3n) is 1.94. The molecule has 1 unspecified atom stereocenters. The van der Waals surface area contributed by atoms with Gasteiger partial charge in [0.1, 0.15) is 5.75 Å². The number of carbonyl (C=O) groups is 1. The Bertz CT molecular complexity index is 356. The lowest BCUT2D eigenvalue weighted by Crippen LogP contribution is -2.39. The minimum Gasteiger partial charge on any atom is -0.484 e. The second kappa shape index (κ2) is 7.11. The molecular formula is C11H15ClN2O3. The van der Waals surface area contributed by atoms with E-state index in [-0.39, 0.29) is 25.2 Å². The summed E-state index contributed by atoms with van der Waals surface area (Å²) in [5.41, 5.74) is 0. The minimum absolute atomic E-state index is 0.0590. The number of ether oxygens (including phenoxy) is 1. The van der Waals surface area contributed by atoms with Gasteiger partial charge in [0.25, 0.3) is 5.91 Å². The van der Waals surface area contributed by atoms with Gasteiger partial charge in [0.05, 0.1) is 12.6 Å². The first-order valence-electron chi connectivity index (χ1n) is 5.11. The Kier molecular flexibility index (Phi) is 5.76. The molecule has 94 valence electrons. The van der Waals surface area contributed by atoms with E-state index < -0.39 is 0 Å². The molecule has 0 aliphatic heterocycles. The summed E-state index contributed by atoms with van der Waals surface area (Å²) in [5.74, 6) is 5.25. The first kappa shape index (κ1) is 13.8. The summed E-state index contributed by atoms with van der Waals surface area (Å²) in [7, 11) is 0. The molecule has 5 nitrogen and oxygen atoms in total. The van der Waals surface area contributed by atoms with Crippen LogP contribution < -0.4 is 16.0 Å². The second-order valence-corrected chi connectivity index (χ2v) is 3.98. The van der Waals surface area contributed by atoms with Crippen LogP contribution in [-0.4, -0.2) is 25.2 Å². The van der Waals surface area contributed by atoms with Gasteiger partial charge >= 0.3 is 0 Å². The number of carbonyl (C=O) groups excluding carboxylic acids is 1. The summed E-state index contributed by atoms with van der Waals surface area (Å²) in [6.45, 7) is 1.98. The third-order valence-corrected chi connectivity index (χ3v) is 2.19. The van der Waals surface area contributed by atoms with Crippen molar-refractivity contribution < 1.29 is 14.4 Å². The van der Waals surface area contributed by atoms with Gasteiger partial charge in [-0.2, -0.15) is 0 Å². The SMILES string of the molecule is CC(CON)NC(=O)COc1ccc(Cl)cc1. The summed E-state index contributed by atoms with van der Waals surface area (Å²) >= 11 is 5.72. The molecule has 1 atom stereocenters. The molecule has 17 heavy (non-hydrogen) atoms. The van der Waals surface area contributed by atoms with E-state index in [4.69, 9.17) is 22.2 Å². The van der Waals surface area contributed by atoms with E-state index in [2.05, 4.69) is 10.2 Å². The van der Waals surface area contributed by atoms with Crippen molar-refractivity contribution in [2.24, 2.45) is 5.90 Å². The number of rotatable bonds is 6. The molecule has 0 saturated heterocycles. The highest BCUT2D eigenvalue weighted by atomic mass is 35.5. The van der Waals surface area contributed by atoms with Crippen LogP contribution in [0.3, 0.4) is 0 Å². The van der Waals surface area contributed by atoms with E-state index in [0.29, 0.717) is 10.8 Å². The molecule has 0 heterocycles. The zero-order chi connectivity index (χ0) is 12.7. The van der Waals surface area contributed by atoms with Gasteiger partial charge in [-0.05, 0) is 31.2 Å². The molecule has 0 aromatic heterocycles. The molecule has 6 heteroatoms. The van der Waals surface area contributed by atoms with Crippen molar-refractivity contribution in [2.75, 3.05) is 13.2 Å². The van der Waals surface area contributed by atoms with Crippen LogP contribution in [0.25, 0.3) is 0 Å². The number of amides is 1. The van der Waals surface area contributed by atoms with Crippen LogP contribution in [0.2, 0.25) is 5.02 Å². The van der Waals surface area contributed by atoms with Crippen LogP contribution in [0.5, 0.6) is 5.75 Å². The van der Waals surface area contributed by atoms with Crippen LogP contribution in [0.15, 0.2) is 24.3 Å². The van der Waals surface area contributed by atoms with E-state index in [9.17, 15) is 4.79 Å². The van der Waals surface area contributed by atoms with E-state index in [1.807, 2.05) is 0 Å². The maximum Gasteiger partial charge on any atom is 0.258 e. The second-order valence-electron chi connectivity index (χ2n) is 3.54. The van der Waals surface area contributed by atoms with Crippen molar-refractivity contribution in [3.05, 3.63) is 29.3 Å². The normalized spacial score (nSPS) is 11.9. The number of benzene rings is 1. The molecule has 1 aromatic carbocycles. The standard InChI is InChI=1S/C11H15ClN2O3/c1-8(6-17-13)14-11(15)7-16-10-4-2-9(12)3-5-10/h2-5,8H,6-7,13H2,1H3,(H,14,15). The Morgan fingerprint density at radius 1 is 1.47 bits per heavy atom. The molecule has 0 aliphatic carbocycles. The topological polar surface area (TPSA) is 73.6 Å². The van der Waals surface area contributed by atoms with Crippen molar-refractivity contribution in [3.8, 4) is 5.75 Å². The van der Waals surface area contributed by atoms with Crippen LogP contribution >= 0.6 is 11.6 Å². The minimum atomic E-state index is -0.232. The maximum absolute atomic E-state index is 11.4. The fourth-order valence-electron chi connectivity index (χ4n) is 1.18. The van der Waals surface area contributed by atoms with Gasteiger partial charge in [0.2, 0.25) is 0 Å². The van der Waals surface area contributed by atoms with Gasteiger partial charge in [0.15, 0.2) is 6.61 Å². The number of hydrogen-bond donors (Lipinski definition) is 2. The van der Waals surface area contributed by atoms with Crippen LogP contribution in [0.1, 0.15) is 6.92 Å². The summed E-state index contributed by atoms with van der Waals surface area (Å²) in [5, 5.41) is 3.29. The smallest absolute Gasteiger partial charge is 0.258 e. The molecule has 0 fully saturated rings. The van der Waals surface area contributed by atoms with E-state index >= 15 is 0 Å². The average molecular weight is 259 g/mol. The Balaban J connectivity index is 2.30. The average Bonchev–Trinajstić information content (AvgIpc) is 2.28. The molecular weight excluding hydrogens is 244 g/mol. The molecule has 3 N–H and O–H groups in total. The number of hydrogen-bond acceptors (Lipinski definition) is 4. The molecule has 0 radical (unpaired) electrons. The largest absolute Gasteiger partial charge is 0.484 e. The lowest BCUT2D eigenvalue weighted by atomic mass is 10.3. The highest BCUT2D eigenvalue weighted by Crippen LogP contribution is 2.15. The Morgan fingerprint density at radius 2 is 2.12 bits per heavy atom. The first-order valence-corrected chi connectivity index (χ1v) is 5.49. The quantitative estimate of drug-likeness (QED) is 0.750. The van der Waals surface area contributed by atoms with Gasteiger partial charge < -0.3 is 14.9 Å². The van der Waals surface area contributed by atoms with Crippen LogP contribution in [-0.2, 0) is 9.63 Å². The summed E-state index contributed by atoms with van der Waals surface area (Å²) in [4.78, 5) is 15.8. The predicted molar refractivity (Wildman–Crippen MR) is 64.7 cm³/mol. The summed E-state index contributed by atoms with van der Waals surface area (Å²) in [6.07, 6.45) is 0. The van der Waals surface area contributed by atoms with Crippen molar-refractivity contribution in [1.82, 2.24) is 5.32 Å². The molecule has 0 spiro atoms. The highest BCUT2D eigenvalue weighted by Gasteiger charge is 2.07. The van der Waals surface area contributed by atoms with Crippen molar-refractivity contribution in [2.45, 2.75) is 13.0 Å². The van der Waals surface area contributed by atoms with E-state index in [0.717, 1.165) is 0 Å². The molecule has 1 amide bonds. The fourth-order valence-corrected chi connectivity index (χ4v) is 1.31. The number of nitrogens with one attached hydrogen (secondary N) is 1. The lowest BCUT2D eigenvalue weighted by Gasteiger charge is -2.12. The van der Waals surface area contributed by atoms with Crippen molar-refractivity contribution in [3.63, 3.8) is 0 Å². The monoisotopic (exact) mass is 258 g/mol. The van der Waals surface area contributed by atoms with E-state index in [1.54, 1.807) is 31.2 Å². The molecule has 1 aromatic rings. The maximum atomic E-state index is 11.4. The Hall–Kier alpha value is -1.30. The predicted octanol–water partition coefficient (Wildman–Crippen LogP) is 1.11. The molecule has 0 saturated carbocycles. The van der Waals surface area contributed by atoms with Gasteiger partial charge in [-0.25, -0.2) is 5.90 Å². The molecule has 1 rings (SSSR count). The zero-order valence-corrected chi connectivity index (χ0v) is 10.2. The number of nitrogens with two attached hydrogens (primary N) is 1. The number of halogens is 1.